The molecule has 2 aliphatic rings. The molecule has 4 amide bonds. The molecule has 2 fully saturated rings. The van der Waals surface area contributed by atoms with Crippen LogP contribution >= 0.6 is 0 Å². The lowest BCUT2D eigenvalue weighted by molar-refractivity contribution is -0.139. The molecule has 0 spiro atoms. The monoisotopic (exact) mass is 752 g/mol. The van der Waals surface area contributed by atoms with Gasteiger partial charge in [-0.25, -0.2) is 19.6 Å². The number of benzene rings is 2. The van der Waals surface area contributed by atoms with Crippen LogP contribution in [0, 0.1) is 17.8 Å². The van der Waals surface area contributed by atoms with Crippen LogP contribution in [0.5, 0.6) is 0 Å². The molecule has 14 nitrogen and oxygen atoms in total. The molecule has 3 heterocycles. The third-order valence-corrected chi connectivity index (χ3v) is 11.1. The fourth-order valence-corrected chi connectivity index (χ4v) is 7.82. The number of rotatable bonds is 12. The van der Waals surface area contributed by atoms with Crippen LogP contribution < -0.4 is 10.6 Å². The van der Waals surface area contributed by atoms with Gasteiger partial charge in [0.25, 0.3) is 0 Å². The van der Waals surface area contributed by atoms with Crippen molar-refractivity contribution in [2.45, 2.75) is 84.1 Å². The van der Waals surface area contributed by atoms with Crippen LogP contribution in [0.1, 0.15) is 77.6 Å². The molecule has 1 saturated heterocycles. The Morgan fingerprint density at radius 1 is 0.745 bits per heavy atom. The average Bonchev–Trinajstić information content (AvgIpc) is 4.03. The number of nitrogens with one attached hydrogen (secondary N) is 4. The summed E-state index contributed by atoms with van der Waals surface area (Å²) in [5, 5.41) is 5.38. The van der Waals surface area contributed by atoms with Gasteiger partial charge in [-0.1, -0.05) is 76.2 Å². The molecule has 4 N–H and O–H groups in total. The number of aromatic nitrogens is 4. The van der Waals surface area contributed by atoms with E-state index in [2.05, 4.69) is 62.0 Å². The van der Waals surface area contributed by atoms with Gasteiger partial charge in [0.15, 0.2) is 0 Å². The highest BCUT2D eigenvalue weighted by Gasteiger charge is 2.51. The van der Waals surface area contributed by atoms with E-state index in [4.69, 9.17) is 14.5 Å². The molecule has 2 aromatic carbocycles. The minimum absolute atomic E-state index is 0.0980. The van der Waals surface area contributed by atoms with Crippen LogP contribution in [0.2, 0.25) is 0 Å². The zero-order valence-corrected chi connectivity index (χ0v) is 32.8. The summed E-state index contributed by atoms with van der Waals surface area (Å²) < 4.78 is 9.51. The molecule has 2 aromatic heterocycles. The molecule has 6 atom stereocenters. The second-order valence-electron chi connectivity index (χ2n) is 15.3. The van der Waals surface area contributed by atoms with E-state index in [1.807, 2.05) is 57.8 Å². The van der Waals surface area contributed by atoms with Gasteiger partial charge in [-0.15, -0.1) is 0 Å². The Bertz CT molecular complexity index is 1990. The summed E-state index contributed by atoms with van der Waals surface area (Å²) in [7, 11) is 4.27. The van der Waals surface area contributed by atoms with Gasteiger partial charge in [-0.3, -0.25) is 9.59 Å². The molecule has 1 aliphatic heterocycles. The number of aromatic amines is 2. The number of H-pyrrole nitrogens is 2. The summed E-state index contributed by atoms with van der Waals surface area (Å²) in [6.07, 6.45) is 5.24. The highest BCUT2D eigenvalue weighted by Crippen LogP contribution is 2.50. The summed E-state index contributed by atoms with van der Waals surface area (Å²) in [5.74, 6) is 1.13. The highest BCUT2D eigenvalue weighted by atomic mass is 16.5. The van der Waals surface area contributed by atoms with Crippen LogP contribution in [-0.2, 0) is 19.1 Å². The van der Waals surface area contributed by atoms with Gasteiger partial charge in [0.1, 0.15) is 23.7 Å². The summed E-state index contributed by atoms with van der Waals surface area (Å²) in [6.45, 7) is 9.46. The Labute approximate surface area is 321 Å². The minimum Gasteiger partial charge on any atom is -0.453 e. The van der Waals surface area contributed by atoms with Crippen molar-refractivity contribution in [3.63, 3.8) is 0 Å². The van der Waals surface area contributed by atoms with Crippen molar-refractivity contribution in [2.24, 2.45) is 17.8 Å². The summed E-state index contributed by atoms with van der Waals surface area (Å²) in [5.41, 5.74) is 5.73. The first-order valence-corrected chi connectivity index (χ1v) is 18.9. The average molecular weight is 753 g/mol. The van der Waals surface area contributed by atoms with Crippen LogP contribution in [0.4, 0.5) is 9.59 Å². The molecule has 292 valence electrons. The first-order chi connectivity index (χ1) is 26.3. The van der Waals surface area contributed by atoms with Crippen LogP contribution in [0.25, 0.3) is 33.6 Å². The normalized spacial score (nSPS) is 19.2. The van der Waals surface area contributed by atoms with Crippen molar-refractivity contribution in [3.05, 3.63) is 72.6 Å². The number of imidazole rings is 2. The lowest BCUT2D eigenvalue weighted by Crippen LogP contribution is -2.54. The second kappa shape index (κ2) is 16.4. The lowest BCUT2D eigenvalue weighted by Gasteiger charge is -2.37. The fraction of sp³-hybridized carbons (Fsp3) is 0.463. The van der Waals surface area contributed by atoms with Crippen LogP contribution in [0.15, 0.2) is 60.9 Å². The number of alkyl carbamates (subject to hydrolysis) is 2. The van der Waals surface area contributed by atoms with Crippen molar-refractivity contribution in [2.75, 3.05) is 21.3 Å². The van der Waals surface area contributed by atoms with E-state index in [1.165, 1.54) is 14.2 Å². The molecule has 2 bridgehead atoms. The number of piperidine rings is 1. The van der Waals surface area contributed by atoms with E-state index in [1.54, 1.807) is 18.1 Å². The summed E-state index contributed by atoms with van der Waals surface area (Å²) >= 11 is 0. The maximum atomic E-state index is 13.9. The summed E-state index contributed by atoms with van der Waals surface area (Å²) in [4.78, 5) is 70.8. The standard InChI is InChI=1S/C41H52N8O6/c1-22(2)33(46-40(52)54-7)38(50)48(6)24(5)36-42-20-31(44-36)27-13-9-25(10-14-27)26-11-15-28(16-12-26)32-21-43-37(45-32)35-29-17-18-30(19-29)49(35)39(51)34(23(3)4)47-41(53)55-8/h9-16,20-24,29-30,33-35H,17-19H2,1-8H3,(H,42,44)(H,43,45)(H,46,52)(H,47,53)/t24-,29-,30-,33-,34+,35+/m0/s1. The molecule has 6 rings (SSSR count). The number of carbonyl (C=O) groups excluding carboxylic acids is 4. The predicted molar refractivity (Wildman–Crippen MR) is 207 cm³/mol. The smallest absolute Gasteiger partial charge is 0.407 e. The first-order valence-electron chi connectivity index (χ1n) is 18.9. The van der Waals surface area contributed by atoms with E-state index in [9.17, 15) is 19.2 Å². The molecule has 0 radical (unpaired) electrons. The lowest BCUT2D eigenvalue weighted by atomic mass is 9.95. The van der Waals surface area contributed by atoms with Crippen molar-refractivity contribution in [1.29, 1.82) is 0 Å². The molecule has 55 heavy (non-hydrogen) atoms. The van der Waals surface area contributed by atoms with E-state index < -0.39 is 24.3 Å². The quantitative estimate of drug-likeness (QED) is 0.127. The first kappa shape index (κ1) is 39.0. The largest absolute Gasteiger partial charge is 0.453 e. The Morgan fingerprint density at radius 3 is 1.80 bits per heavy atom. The SMILES string of the molecule is COC(=O)N[C@H](C(=O)N(C)[C@@H](C)c1ncc(-c2ccc(-c3ccc(-c4cnc([C@H]5[C@H]6CC[C@@H](C6)N5C(=O)[C@H](NC(=O)OC)C(C)C)[nH]4)cc3)cc2)[nH]1)C(C)C. The third-order valence-electron chi connectivity index (χ3n) is 11.1. The molecule has 1 aliphatic carbocycles. The molecule has 14 heteroatoms. The van der Waals surface area contributed by atoms with E-state index in [0.29, 0.717) is 11.7 Å². The number of carbonyl (C=O) groups is 4. The van der Waals surface area contributed by atoms with Gasteiger partial charge in [0.05, 0.1) is 50.1 Å². The van der Waals surface area contributed by atoms with Gasteiger partial charge in [0.2, 0.25) is 11.8 Å². The van der Waals surface area contributed by atoms with Crippen molar-refractivity contribution < 1.29 is 28.7 Å². The topological polar surface area (TPSA) is 175 Å². The minimum atomic E-state index is -0.731. The predicted octanol–water partition coefficient (Wildman–Crippen LogP) is 6.47. The Morgan fingerprint density at radius 2 is 1.25 bits per heavy atom. The second-order valence-corrected chi connectivity index (χ2v) is 15.3. The molecular formula is C41H52N8O6. The number of amides is 4. The highest BCUT2D eigenvalue weighted by molar-refractivity contribution is 5.87. The zero-order chi connectivity index (χ0) is 39.6. The van der Waals surface area contributed by atoms with E-state index >= 15 is 0 Å². The van der Waals surface area contributed by atoms with Gasteiger partial charge in [0, 0.05) is 13.1 Å². The number of likely N-dealkylation sites (tertiary alicyclic amines) is 1. The van der Waals surface area contributed by atoms with Gasteiger partial charge >= 0.3 is 12.2 Å². The molecule has 1 saturated carbocycles. The summed E-state index contributed by atoms with van der Waals surface area (Å²) in [6, 6.07) is 14.6. The number of ether oxygens (including phenoxy) is 2. The van der Waals surface area contributed by atoms with Gasteiger partial charge in [-0.2, -0.15) is 0 Å². The van der Waals surface area contributed by atoms with Crippen molar-refractivity contribution >= 4 is 24.0 Å². The van der Waals surface area contributed by atoms with E-state index in [-0.39, 0.29) is 41.8 Å². The Hall–Kier alpha value is -5.66. The third kappa shape index (κ3) is 8.08. The zero-order valence-electron chi connectivity index (χ0n) is 32.8. The number of hydrogen-bond acceptors (Lipinski definition) is 8. The number of fused-ring (bicyclic) bond motifs is 2. The van der Waals surface area contributed by atoms with Crippen molar-refractivity contribution in [3.8, 4) is 33.6 Å². The maximum absolute atomic E-state index is 13.9. The number of methoxy groups -OCH3 is 2. The van der Waals surface area contributed by atoms with Crippen LogP contribution in [-0.4, -0.2) is 93.1 Å². The van der Waals surface area contributed by atoms with Gasteiger partial charge < -0.3 is 39.9 Å². The number of nitrogens with zero attached hydrogens (tertiary/aromatic N) is 4. The maximum Gasteiger partial charge on any atom is 0.407 e. The Kier molecular flexibility index (Phi) is 11.6. The van der Waals surface area contributed by atoms with Gasteiger partial charge in [-0.05, 0) is 66.2 Å². The number of likely N-dealkylation sites (N-methyl/N-ethyl adjacent to an activating group) is 1. The molecule has 0 unspecified atom stereocenters. The molecule has 4 aromatic rings. The number of hydrogen-bond donors (Lipinski definition) is 4. The van der Waals surface area contributed by atoms with Crippen molar-refractivity contribution in [1.82, 2.24) is 40.4 Å². The van der Waals surface area contributed by atoms with E-state index in [0.717, 1.165) is 58.7 Å². The fourth-order valence-electron chi connectivity index (χ4n) is 7.82. The van der Waals surface area contributed by atoms with Crippen LogP contribution in [0.3, 0.4) is 0 Å². The molecular weight excluding hydrogens is 701 g/mol. The Balaban J connectivity index is 1.12.